The van der Waals surface area contributed by atoms with Gasteiger partial charge < -0.3 is 11.1 Å². The zero-order chi connectivity index (χ0) is 14.1. The van der Waals surface area contributed by atoms with Gasteiger partial charge in [0.05, 0.1) is 16.9 Å². The van der Waals surface area contributed by atoms with Gasteiger partial charge in [-0.3, -0.25) is 4.98 Å². The Morgan fingerprint density at radius 1 is 1.00 bits per heavy atom. The largest absolute Gasteiger partial charge is 0.395 e. The zero-order valence-corrected chi connectivity index (χ0v) is 10.4. The third kappa shape index (κ3) is 2.14. The van der Waals surface area contributed by atoms with E-state index in [1.807, 2.05) is 18.2 Å². The summed E-state index contributed by atoms with van der Waals surface area (Å²) in [5.74, 6) is -1.47. The average Bonchev–Trinajstić information content (AvgIpc) is 2.44. The molecular weight excluding hydrogens is 260 g/mol. The van der Waals surface area contributed by atoms with Crippen molar-refractivity contribution >= 4 is 28.0 Å². The molecule has 0 unspecified atom stereocenters. The summed E-state index contributed by atoms with van der Waals surface area (Å²) in [4.78, 5) is 4.22. The molecule has 3 aromatic rings. The molecule has 5 heteroatoms. The van der Waals surface area contributed by atoms with Crippen LogP contribution in [0.25, 0.3) is 10.9 Å². The van der Waals surface area contributed by atoms with E-state index in [2.05, 4.69) is 10.3 Å². The lowest BCUT2D eigenvalue weighted by atomic mass is 10.1. The molecule has 1 heterocycles. The summed E-state index contributed by atoms with van der Waals surface area (Å²) in [6.45, 7) is 0. The highest BCUT2D eigenvalue weighted by Crippen LogP contribution is 2.30. The number of aromatic nitrogens is 1. The summed E-state index contributed by atoms with van der Waals surface area (Å²) in [7, 11) is 0. The van der Waals surface area contributed by atoms with Crippen LogP contribution in [0.2, 0.25) is 0 Å². The lowest BCUT2D eigenvalue weighted by molar-refractivity contribution is 0.587. The molecule has 3 rings (SSSR count). The van der Waals surface area contributed by atoms with E-state index in [1.165, 1.54) is 0 Å². The molecule has 0 fully saturated rings. The summed E-state index contributed by atoms with van der Waals surface area (Å²) in [6.07, 6.45) is 1.68. The highest BCUT2D eigenvalue weighted by molar-refractivity contribution is 5.94. The predicted molar refractivity (Wildman–Crippen MR) is 75.8 cm³/mol. The maximum absolute atomic E-state index is 13.4. The molecule has 3 nitrogen and oxygen atoms in total. The Labute approximate surface area is 114 Å². The molecule has 0 saturated heterocycles. The van der Waals surface area contributed by atoms with E-state index in [1.54, 1.807) is 18.3 Å². The topological polar surface area (TPSA) is 50.9 Å². The Morgan fingerprint density at radius 3 is 2.70 bits per heavy atom. The Hall–Kier alpha value is -2.69. The maximum Gasteiger partial charge on any atom is 0.151 e. The van der Waals surface area contributed by atoms with E-state index in [0.717, 1.165) is 23.0 Å². The number of pyridine rings is 1. The van der Waals surface area contributed by atoms with Crippen molar-refractivity contribution in [3.05, 3.63) is 60.3 Å². The summed E-state index contributed by atoms with van der Waals surface area (Å²) in [5.41, 5.74) is 7.17. The highest BCUT2D eigenvalue weighted by atomic mass is 19.1. The van der Waals surface area contributed by atoms with Gasteiger partial charge in [0.15, 0.2) is 5.82 Å². The van der Waals surface area contributed by atoms with Crippen LogP contribution >= 0.6 is 0 Å². The van der Waals surface area contributed by atoms with Gasteiger partial charge in [0.1, 0.15) is 5.82 Å². The van der Waals surface area contributed by atoms with Gasteiger partial charge in [-0.2, -0.15) is 0 Å². The van der Waals surface area contributed by atoms with Crippen molar-refractivity contribution in [1.29, 1.82) is 0 Å². The van der Waals surface area contributed by atoms with Gasteiger partial charge in [0.2, 0.25) is 0 Å². The molecule has 20 heavy (non-hydrogen) atoms. The molecule has 0 aliphatic rings. The van der Waals surface area contributed by atoms with Gasteiger partial charge >= 0.3 is 0 Å². The number of hydrogen-bond donors (Lipinski definition) is 2. The Kier molecular flexibility index (Phi) is 2.95. The van der Waals surface area contributed by atoms with Gasteiger partial charge in [0, 0.05) is 23.3 Å². The van der Waals surface area contributed by atoms with E-state index < -0.39 is 11.6 Å². The molecule has 0 aliphatic heterocycles. The van der Waals surface area contributed by atoms with Crippen LogP contribution in [0.4, 0.5) is 25.8 Å². The van der Waals surface area contributed by atoms with Crippen LogP contribution < -0.4 is 11.1 Å². The van der Waals surface area contributed by atoms with Crippen molar-refractivity contribution in [3.8, 4) is 0 Å². The fourth-order valence-corrected chi connectivity index (χ4v) is 2.05. The molecule has 3 N–H and O–H groups in total. The van der Waals surface area contributed by atoms with Crippen LogP contribution in [0.15, 0.2) is 48.7 Å². The summed E-state index contributed by atoms with van der Waals surface area (Å²) in [6, 6.07) is 11.0. The maximum atomic E-state index is 13.4. The van der Waals surface area contributed by atoms with E-state index in [0.29, 0.717) is 5.69 Å². The number of nitrogens with two attached hydrogens (primary N) is 1. The molecule has 100 valence electrons. The number of benzene rings is 2. The summed E-state index contributed by atoms with van der Waals surface area (Å²) in [5, 5.41) is 3.80. The van der Waals surface area contributed by atoms with Crippen LogP contribution in [-0.2, 0) is 0 Å². The normalized spacial score (nSPS) is 10.7. The molecule has 1 aromatic heterocycles. The fourth-order valence-electron chi connectivity index (χ4n) is 2.05. The Bertz CT molecular complexity index is 782. The predicted octanol–water partition coefficient (Wildman–Crippen LogP) is 3.84. The van der Waals surface area contributed by atoms with Crippen LogP contribution in [0.5, 0.6) is 0 Å². The molecule has 0 bridgehead atoms. The second-order valence-electron chi connectivity index (χ2n) is 4.35. The number of halogens is 2. The van der Waals surface area contributed by atoms with Crippen LogP contribution in [-0.4, -0.2) is 4.98 Å². The molecule has 0 aliphatic carbocycles. The van der Waals surface area contributed by atoms with Crippen LogP contribution in [0.3, 0.4) is 0 Å². The van der Waals surface area contributed by atoms with Gasteiger partial charge in [-0.15, -0.1) is 0 Å². The van der Waals surface area contributed by atoms with Crippen molar-refractivity contribution in [2.45, 2.75) is 0 Å². The van der Waals surface area contributed by atoms with E-state index >= 15 is 0 Å². The first-order chi connectivity index (χ1) is 9.65. The SMILES string of the molecule is Nc1c(F)cc(F)cc1Nc1cccc2ncccc12. The van der Waals surface area contributed by atoms with Gasteiger partial charge in [0.25, 0.3) is 0 Å². The first-order valence-corrected chi connectivity index (χ1v) is 6.00. The molecule has 0 amide bonds. The van der Waals surface area contributed by atoms with E-state index in [4.69, 9.17) is 5.73 Å². The minimum Gasteiger partial charge on any atom is -0.395 e. The summed E-state index contributed by atoms with van der Waals surface area (Å²) < 4.78 is 26.7. The van der Waals surface area contributed by atoms with Gasteiger partial charge in [-0.05, 0) is 30.3 Å². The van der Waals surface area contributed by atoms with Crippen molar-refractivity contribution in [3.63, 3.8) is 0 Å². The molecule has 2 aromatic carbocycles. The minimum atomic E-state index is -0.786. The molecular formula is C15H11F2N3. The Balaban J connectivity index is 2.10. The van der Waals surface area contributed by atoms with Crippen LogP contribution in [0.1, 0.15) is 0 Å². The monoisotopic (exact) mass is 271 g/mol. The number of nitrogen functional groups attached to an aromatic ring is 1. The lowest BCUT2D eigenvalue weighted by Gasteiger charge is -2.12. The van der Waals surface area contributed by atoms with Gasteiger partial charge in [-0.25, -0.2) is 8.78 Å². The smallest absolute Gasteiger partial charge is 0.151 e. The van der Waals surface area contributed by atoms with Crippen LogP contribution in [0, 0.1) is 11.6 Å². The fraction of sp³-hybridized carbons (Fsp3) is 0. The van der Waals surface area contributed by atoms with Gasteiger partial charge in [-0.1, -0.05) is 6.07 Å². The Morgan fingerprint density at radius 2 is 1.85 bits per heavy atom. The number of nitrogens with zero attached hydrogens (tertiary/aromatic N) is 1. The second-order valence-corrected chi connectivity index (χ2v) is 4.35. The number of nitrogens with one attached hydrogen (secondary N) is 1. The first kappa shape index (κ1) is 12.3. The highest BCUT2D eigenvalue weighted by Gasteiger charge is 2.09. The molecule has 0 radical (unpaired) electrons. The number of anilines is 3. The molecule has 0 saturated carbocycles. The standard InChI is InChI=1S/C15H11F2N3/c16-9-7-11(17)15(18)14(8-9)20-13-5-1-4-12-10(13)3-2-6-19-12/h1-8,20H,18H2. The number of hydrogen-bond acceptors (Lipinski definition) is 3. The lowest BCUT2D eigenvalue weighted by Crippen LogP contribution is -2.00. The third-order valence-electron chi connectivity index (χ3n) is 3.01. The first-order valence-electron chi connectivity index (χ1n) is 6.00. The number of rotatable bonds is 2. The zero-order valence-electron chi connectivity index (χ0n) is 10.4. The van der Waals surface area contributed by atoms with E-state index in [-0.39, 0.29) is 11.4 Å². The summed E-state index contributed by atoms with van der Waals surface area (Å²) >= 11 is 0. The quantitative estimate of drug-likeness (QED) is 0.696. The average molecular weight is 271 g/mol. The van der Waals surface area contributed by atoms with Crippen molar-refractivity contribution in [2.75, 3.05) is 11.1 Å². The number of fused-ring (bicyclic) bond motifs is 1. The molecule has 0 atom stereocenters. The third-order valence-corrected chi connectivity index (χ3v) is 3.01. The van der Waals surface area contributed by atoms with Crippen molar-refractivity contribution < 1.29 is 8.78 Å². The molecule has 0 spiro atoms. The second kappa shape index (κ2) is 4.77. The van der Waals surface area contributed by atoms with Crippen molar-refractivity contribution in [1.82, 2.24) is 4.98 Å². The van der Waals surface area contributed by atoms with E-state index in [9.17, 15) is 8.78 Å². The van der Waals surface area contributed by atoms with Crippen molar-refractivity contribution in [2.24, 2.45) is 0 Å². The minimum absolute atomic E-state index is 0.118.